The Balaban J connectivity index is 1.78. The van der Waals surface area contributed by atoms with Crippen LogP contribution in [0.1, 0.15) is 32.1 Å². The van der Waals surface area contributed by atoms with Gasteiger partial charge in [0.1, 0.15) is 0 Å². The molecule has 5 nitrogen and oxygen atoms in total. The molecule has 0 aromatic heterocycles. The molecule has 1 heterocycles. The van der Waals surface area contributed by atoms with Crippen molar-refractivity contribution in [2.75, 3.05) is 46.9 Å². The smallest absolute Gasteiger partial charge is 0.158 e. The number of piperazine rings is 1. The molecule has 1 saturated heterocycles. The molecular formula is C15H31N3O2. The molecule has 20 heavy (non-hydrogen) atoms. The van der Waals surface area contributed by atoms with Gasteiger partial charge in [0, 0.05) is 65.4 Å². The molecule has 0 bridgehead atoms. The van der Waals surface area contributed by atoms with Gasteiger partial charge in [-0.25, -0.2) is 0 Å². The van der Waals surface area contributed by atoms with Gasteiger partial charge in [0.05, 0.1) is 0 Å². The molecule has 1 atom stereocenters. The molecule has 1 aliphatic carbocycles. The van der Waals surface area contributed by atoms with Gasteiger partial charge in [-0.1, -0.05) is 12.8 Å². The van der Waals surface area contributed by atoms with Crippen LogP contribution in [0.2, 0.25) is 0 Å². The molecule has 5 heteroatoms. The highest BCUT2D eigenvalue weighted by atomic mass is 16.7. The highest BCUT2D eigenvalue weighted by molar-refractivity contribution is 4.85. The Labute approximate surface area is 123 Å². The minimum atomic E-state index is -0.142. The van der Waals surface area contributed by atoms with Gasteiger partial charge < -0.3 is 15.2 Å². The maximum absolute atomic E-state index is 5.95. The first kappa shape index (κ1) is 16.2. The molecule has 1 aliphatic heterocycles. The van der Waals surface area contributed by atoms with E-state index in [-0.39, 0.29) is 6.29 Å². The van der Waals surface area contributed by atoms with Gasteiger partial charge >= 0.3 is 0 Å². The number of ether oxygens (including phenoxy) is 2. The Morgan fingerprint density at radius 2 is 1.65 bits per heavy atom. The lowest BCUT2D eigenvalue weighted by molar-refractivity contribution is -0.118. The van der Waals surface area contributed by atoms with Gasteiger partial charge in [0.15, 0.2) is 6.29 Å². The van der Waals surface area contributed by atoms with Crippen molar-refractivity contribution in [2.45, 2.75) is 50.5 Å². The van der Waals surface area contributed by atoms with Crippen LogP contribution in [0.3, 0.4) is 0 Å². The molecule has 118 valence electrons. The van der Waals surface area contributed by atoms with Crippen molar-refractivity contribution in [1.82, 2.24) is 9.80 Å². The summed E-state index contributed by atoms with van der Waals surface area (Å²) in [7, 11) is 3.39. The summed E-state index contributed by atoms with van der Waals surface area (Å²) in [5, 5.41) is 0. The number of hydrogen-bond donors (Lipinski definition) is 1. The van der Waals surface area contributed by atoms with Gasteiger partial charge in [0.25, 0.3) is 0 Å². The lowest BCUT2D eigenvalue weighted by Crippen LogP contribution is -2.55. The Bertz CT molecular complexity index is 260. The molecule has 0 amide bonds. The Morgan fingerprint density at radius 3 is 2.15 bits per heavy atom. The molecule has 0 aromatic rings. The average Bonchev–Trinajstić information content (AvgIpc) is 3.03. The monoisotopic (exact) mass is 285 g/mol. The van der Waals surface area contributed by atoms with Crippen LogP contribution in [-0.2, 0) is 9.47 Å². The predicted octanol–water partition coefficient (Wildman–Crippen LogP) is 0.883. The van der Waals surface area contributed by atoms with E-state index in [1.807, 2.05) is 0 Å². The second kappa shape index (κ2) is 8.29. The Hall–Kier alpha value is -0.200. The quantitative estimate of drug-likeness (QED) is 0.704. The summed E-state index contributed by atoms with van der Waals surface area (Å²) in [6.45, 7) is 5.29. The normalized spacial score (nSPS) is 24.6. The van der Waals surface area contributed by atoms with Gasteiger partial charge in [-0.05, 0) is 12.8 Å². The SMILES string of the molecule is COC(CC(CN)N1CCN(C2CCCC2)CC1)OC. The molecule has 1 saturated carbocycles. The van der Waals surface area contributed by atoms with E-state index in [1.165, 1.54) is 38.8 Å². The molecule has 0 spiro atoms. The third-order valence-electron chi connectivity index (χ3n) is 4.97. The summed E-state index contributed by atoms with van der Waals surface area (Å²) < 4.78 is 10.6. The van der Waals surface area contributed by atoms with E-state index in [0.29, 0.717) is 12.6 Å². The van der Waals surface area contributed by atoms with Crippen molar-refractivity contribution in [1.29, 1.82) is 0 Å². The number of hydrogen-bond acceptors (Lipinski definition) is 5. The van der Waals surface area contributed by atoms with Gasteiger partial charge in [-0.15, -0.1) is 0 Å². The van der Waals surface area contributed by atoms with Crippen molar-refractivity contribution < 1.29 is 9.47 Å². The minimum Gasteiger partial charge on any atom is -0.356 e. The summed E-state index contributed by atoms with van der Waals surface area (Å²) >= 11 is 0. The highest BCUT2D eigenvalue weighted by Gasteiger charge is 2.29. The molecule has 2 fully saturated rings. The third kappa shape index (κ3) is 4.15. The maximum atomic E-state index is 5.95. The van der Waals surface area contributed by atoms with Crippen LogP contribution >= 0.6 is 0 Å². The summed E-state index contributed by atoms with van der Waals surface area (Å²) in [5.74, 6) is 0. The molecule has 2 aliphatic rings. The van der Waals surface area contributed by atoms with Crippen molar-refractivity contribution in [3.05, 3.63) is 0 Å². The standard InChI is InChI=1S/C15H31N3O2/c1-19-15(20-2)11-14(12-16)18-9-7-17(8-10-18)13-5-3-4-6-13/h13-15H,3-12,16H2,1-2H3. The Morgan fingerprint density at radius 1 is 1.05 bits per heavy atom. The second-order valence-electron chi connectivity index (χ2n) is 6.04. The first-order chi connectivity index (χ1) is 9.78. The zero-order chi connectivity index (χ0) is 14.4. The van der Waals surface area contributed by atoms with Gasteiger partial charge in [-0.3, -0.25) is 9.80 Å². The molecular weight excluding hydrogens is 254 g/mol. The molecule has 0 aromatic carbocycles. The van der Waals surface area contributed by atoms with Crippen LogP contribution in [0.15, 0.2) is 0 Å². The lowest BCUT2D eigenvalue weighted by atomic mass is 10.1. The number of methoxy groups -OCH3 is 2. The maximum Gasteiger partial charge on any atom is 0.158 e. The van der Waals surface area contributed by atoms with Gasteiger partial charge in [-0.2, -0.15) is 0 Å². The fraction of sp³-hybridized carbons (Fsp3) is 1.00. The molecule has 0 radical (unpaired) electrons. The molecule has 2 rings (SSSR count). The number of rotatable bonds is 7. The van der Waals surface area contributed by atoms with Crippen molar-refractivity contribution in [2.24, 2.45) is 5.73 Å². The van der Waals surface area contributed by atoms with Crippen LogP contribution in [-0.4, -0.2) is 75.1 Å². The zero-order valence-electron chi connectivity index (χ0n) is 13.1. The fourth-order valence-electron chi connectivity index (χ4n) is 3.64. The average molecular weight is 285 g/mol. The van der Waals surface area contributed by atoms with E-state index in [1.54, 1.807) is 14.2 Å². The number of nitrogens with zero attached hydrogens (tertiary/aromatic N) is 2. The fourth-order valence-corrected chi connectivity index (χ4v) is 3.64. The van der Waals surface area contributed by atoms with E-state index in [9.17, 15) is 0 Å². The Kier molecular flexibility index (Phi) is 6.71. The molecule has 2 N–H and O–H groups in total. The van der Waals surface area contributed by atoms with E-state index < -0.39 is 0 Å². The summed E-state index contributed by atoms with van der Waals surface area (Å²) in [5.41, 5.74) is 5.95. The number of nitrogens with two attached hydrogens (primary N) is 1. The van der Waals surface area contributed by atoms with E-state index in [0.717, 1.165) is 25.6 Å². The zero-order valence-corrected chi connectivity index (χ0v) is 13.1. The predicted molar refractivity (Wildman–Crippen MR) is 80.7 cm³/mol. The topological polar surface area (TPSA) is 51.0 Å². The first-order valence-corrected chi connectivity index (χ1v) is 8.02. The second-order valence-corrected chi connectivity index (χ2v) is 6.04. The van der Waals surface area contributed by atoms with Crippen LogP contribution in [0.5, 0.6) is 0 Å². The summed E-state index contributed by atoms with van der Waals surface area (Å²) in [4.78, 5) is 5.19. The van der Waals surface area contributed by atoms with E-state index >= 15 is 0 Å². The van der Waals surface area contributed by atoms with Crippen LogP contribution in [0, 0.1) is 0 Å². The van der Waals surface area contributed by atoms with E-state index in [2.05, 4.69) is 9.80 Å². The van der Waals surface area contributed by atoms with Crippen LogP contribution < -0.4 is 5.73 Å². The summed E-state index contributed by atoms with van der Waals surface area (Å²) in [6.07, 6.45) is 6.34. The van der Waals surface area contributed by atoms with Gasteiger partial charge in [0.2, 0.25) is 0 Å². The van der Waals surface area contributed by atoms with Crippen molar-refractivity contribution in [3.8, 4) is 0 Å². The summed E-state index contributed by atoms with van der Waals surface area (Å²) in [6, 6.07) is 1.21. The third-order valence-corrected chi connectivity index (χ3v) is 4.97. The highest BCUT2D eigenvalue weighted by Crippen LogP contribution is 2.25. The first-order valence-electron chi connectivity index (χ1n) is 8.02. The lowest BCUT2D eigenvalue weighted by Gasteiger charge is -2.41. The van der Waals surface area contributed by atoms with Crippen molar-refractivity contribution >= 4 is 0 Å². The minimum absolute atomic E-state index is 0.142. The van der Waals surface area contributed by atoms with E-state index in [4.69, 9.17) is 15.2 Å². The van der Waals surface area contributed by atoms with Crippen molar-refractivity contribution in [3.63, 3.8) is 0 Å². The van der Waals surface area contributed by atoms with Crippen LogP contribution in [0.25, 0.3) is 0 Å². The largest absolute Gasteiger partial charge is 0.356 e. The van der Waals surface area contributed by atoms with Crippen LogP contribution in [0.4, 0.5) is 0 Å². The molecule has 1 unspecified atom stereocenters.